The first-order chi connectivity index (χ1) is 6.79. The van der Waals surface area contributed by atoms with Crippen molar-refractivity contribution in [1.82, 2.24) is 4.98 Å². The predicted molar refractivity (Wildman–Crippen MR) is 54.2 cm³/mol. The summed E-state index contributed by atoms with van der Waals surface area (Å²) < 4.78 is 0. The summed E-state index contributed by atoms with van der Waals surface area (Å²) in [5, 5.41) is 20.5. The number of hydrogen-bond donors (Lipinski definition) is 2. The lowest BCUT2D eigenvalue weighted by Gasteiger charge is -2.06. The molecule has 0 saturated carbocycles. The van der Waals surface area contributed by atoms with E-state index in [9.17, 15) is 0 Å². The molecule has 74 valence electrons. The van der Waals surface area contributed by atoms with Crippen LogP contribution in [-0.4, -0.2) is 23.2 Å². The maximum atomic E-state index is 8.68. The number of aromatic nitrogens is 1. The number of anilines is 1. The number of hydrogen-bond acceptors (Lipinski definition) is 4. The SMILES string of the molecule is N#Cc1ccnc(NCCCO)c1Cl. The van der Waals surface area contributed by atoms with E-state index in [1.165, 1.54) is 6.20 Å². The topological polar surface area (TPSA) is 68.9 Å². The summed E-state index contributed by atoms with van der Waals surface area (Å²) in [6.45, 7) is 0.695. The third kappa shape index (κ3) is 2.59. The Kier molecular flexibility index (Phi) is 4.17. The highest BCUT2D eigenvalue weighted by molar-refractivity contribution is 6.34. The van der Waals surface area contributed by atoms with Crippen molar-refractivity contribution in [3.05, 3.63) is 22.8 Å². The number of aliphatic hydroxyl groups is 1. The fourth-order valence-electron chi connectivity index (χ4n) is 0.939. The van der Waals surface area contributed by atoms with Crippen LogP contribution in [0.25, 0.3) is 0 Å². The average Bonchev–Trinajstić information content (AvgIpc) is 2.21. The first-order valence-corrected chi connectivity index (χ1v) is 4.56. The van der Waals surface area contributed by atoms with E-state index in [2.05, 4.69) is 10.3 Å². The minimum absolute atomic E-state index is 0.114. The maximum Gasteiger partial charge on any atom is 0.146 e. The number of nitrogens with one attached hydrogen (secondary N) is 1. The van der Waals surface area contributed by atoms with Crippen LogP contribution in [0.1, 0.15) is 12.0 Å². The molecule has 2 N–H and O–H groups in total. The molecule has 1 heterocycles. The maximum absolute atomic E-state index is 8.68. The molecule has 0 saturated heterocycles. The normalized spacial score (nSPS) is 9.50. The lowest BCUT2D eigenvalue weighted by Crippen LogP contribution is -2.05. The molecule has 14 heavy (non-hydrogen) atoms. The number of pyridine rings is 1. The van der Waals surface area contributed by atoms with Gasteiger partial charge >= 0.3 is 0 Å². The molecule has 0 unspecified atom stereocenters. The molecule has 0 aliphatic rings. The smallest absolute Gasteiger partial charge is 0.146 e. The van der Waals surface area contributed by atoms with Crippen molar-refractivity contribution in [2.24, 2.45) is 0 Å². The first kappa shape index (κ1) is 10.8. The van der Waals surface area contributed by atoms with Crippen LogP contribution < -0.4 is 5.32 Å². The first-order valence-electron chi connectivity index (χ1n) is 4.19. The van der Waals surface area contributed by atoms with Crippen LogP contribution in [0, 0.1) is 11.3 Å². The summed E-state index contributed by atoms with van der Waals surface area (Å²) in [6, 6.07) is 3.52. The molecule has 4 nitrogen and oxygen atoms in total. The van der Waals surface area contributed by atoms with Gasteiger partial charge in [0.15, 0.2) is 0 Å². The van der Waals surface area contributed by atoms with E-state index < -0.39 is 0 Å². The highest BCUT2D eigenvalue weighted by Crippen LogP contribution is 2.22. The Labute approximate surface area is 87.2 Å². The van der Waals surface area contributed by atoms with Crippen LogP contribution in [0.4, 0.5) is 5.82 Å². The number of halogens is 1. The highest BCUT2D eigenvalue weighted by Gasteiger charge is 2.05. The molecule has 0 spiro atoms. The number of nitrogens with zero attached hydrogens (tertiary/aromatic N) is 2. The lowest BCUT2D eigenvalue weighted by atomic mass is 10.3. The molecule has 5 heteroatoms. The van der Waals surface area contributed by atoms with Gasteiger partial charge < -0.3 is 10.4 Å². The zero-order valence-corrected chi connectivity index (χ0v) is 8.25. The fraction of sp³-hybridized carbons (Fsp3) is 0.333. The number of aliphatic hydroxyl groups excluding tert-OH is 1. The Hall–Kier alpha value is -1.31. The van der Waals surface area contributed by atoms with Crippen LogP contribution in [0.3, 0.4) is 0 Å². The van der Waals surface area contributed by atoms with Gasteiger partial charge in [-0.2, -0.15) is 5.26 Å². The van der Waals surface area contributed by atoms with Gasteiger partial charge in [0.05, 0.1) is 5.56 Å². The fourth-order valence-corrected chi connectivity index (χ4v) is 1.16. The largest absolute Gasteiger partial charge is 0.396 e. The summed E-state index contributed by atoms with van der Waals surface area (Å²) in [7, 11) is 0. The van der Waals surface area contributed by atoms with E-state index in [0.29, 0.717) is 29.4 Å². The number of nitriles is 1. The molecular formula is C9H10ClN3O. The molecule has 1 aromatic heterocycles. The van der Waals surface area contributed by atoms with E-state index in [4.69, 9.17) is 22.0 Å². The highest BCUT2D eigenvalue weighted by atomic mass is 35.5. The van der Waals surface area contributed by atoms with Crippen LogP contribution >= 0.6 is 11.6 Å². The van der Waals surface area contributed by atoms with Gasteiger partial charge in [-0.05, 0) is 12.5 Å². The molecule has 1 rings (SSSR count). The molecule has 0 aromatic carbocycles. The predicted octanol–water partition coefficient (Wildman–Crippen LogP) is 1.40. The Morgan fingerprint density at radius 2 is 2.43 bits per heavy atom. The molecule has 0 amide bonds. The summed E-state index contributed by atoms with van der Waals surface area (Å²) in [5.41, 5.74) is 0.396. The molecular weight excluding hydrogens is 202 g/mol. The quantitative estimate of drug-likeness (QED) is 0.739. The van der Waals surface area contributed by atoms with Crippen molar-refractivity contribution in [2.75, 3.05) is 18.5 Å². The molecule has 0 aliphatic heterocycles. The second-order valence-corrected chi connectivity index (χ2v) is 3.01. The van der Waals surface area contributed by atoms with Gasteiger partial charge in [0.2, 0.25) is 0 Å². The molecule has 0 bridgehead atoms. The van der Waals surface area contributed by atoms with Gasteiger partial charge in [-0.3, -0.25) is 0 Å². The van der Waals surface area contributed by atoms with Crippen molar-refractivity contribution in [3.8, 4) is 6.07 Å². The van der Waals surface area contributed by atoms with Crippen LogP contribution in [0.15, 0.2) is 12.3 Å². The minimum Gasteiger partial charge on any atom is -0.396 e. The van der Waals surface area contributed by atoms with Crippen molar-refractivity contribution in [3.63, 3.8) is 0 Å². The Morgan fingerprint density at radius 1 is 1.64 bits per heavy atom. The van der Waals surface area contributed by atoms with Crippen molar-refractivity contribution in [2.45, 2.75) is 6.42 Å². The van der Waals surface area contributed by atoms with Gasteiger partial charge in [-0.15, -0.1) is 0 Å². The van der Waals surface area contributed by atoms with Gasteiger partial charge in [0.25, 0.3) is 0 Å². The lowest BCUT2D eigenvalue weighted by molar-refractivity contribution is 0.292. The minimum atomic E-state index is 0.114. The molecule has 1 aromatic rings. The zero-order chi connectivity index (χ0) is 10.4. The van der Waals surface area contributed by atoms with Gasteiger partial charge in [-0.25, -0.2) is 4.98 Å². The summed E-state index contributed by atoms with van der Waals surface area (Å²) in [4.78, 5) is 3.98. The average molecular weight is 212 g/mol. The van der Waals surface area contributed by atoms with Crippen molar-refractivity contribution in [1.29, 1.82) is 5.26 Å². The number of rotatable bonds is 4. The third-order valence-corrected chi connectivity index (χ3v) is 2.02. The summed E-state index contributed by atoms with van der Waals surface area (Å²) >= 11 is 5.88. The van der Waals surface area contributed by atoms with Crippen LogP contribution in [0.5, 0.6) is 0 Å². The monoisotopic (exact) mass is 211 g/mol. The van der Waals surface area contributed by atoms with Crippen LogP contribution in [0.2, 0.25) is 5.02 Å². The summed E-state index contributed by atoms with van der Waals surface area (Å²) in [6.07, 6.45) is 2.14. The van der Waals surface area contributed by atoms with E-state index in [0.717, 1.165) is 0 Å². The zero-order valence-electron chi connectivity index (χ0n) is 7.50. The standard InChI is InChI=1S/C9H10ClN3O/c10-8-7(6-11)2-4-13-9(8)12-3-1-5-14/h2,4,14H,1,3,5H2,(H,12,13). The molecule has 0 aliphatic carbocycles. The van der Waals surface area contributed by atoms with Crippen LogP contribution in [-0.2, 0) is 0 Å². The third-order valence-electron chi connectivity index (χ3n) is 1.64. The van der Waals surface area contributed by atoms with Crippen molar-refractivity contribution < 1.29 is 5.11 Å². The Morgan fingerprint density at radius 3 is 3.07 bits per heavy atom. The second-order valence-electron chi connectivity index (χ2n) is 2.64. The molecule has 0 atom stereocenters. The second kappa shape index (κ2) is 5.43. The van der Waals surface area contributed by atoms with Gasteiger partial charge in [0, 0.05) is 19.3 Å². The van der Waals surface area contributed by atoms with Gasteiger partial charge in [-0.1, -0.05) is 11.6 Å². The molecule has 0 fully saturated rings. The molecule has 0 radical (unpaired) electrons. The Bertz CT molecular complexity index is 348. The van der Waals surface area contributed by atoms with Crippen molar-refractivity contribution >= 4 is 17.4 Å². The summed E-state index contributed by atoms with van der Waals surface area (Å²) in [5.74, 6) is 0.485. The van der Waals surface area contributed by atoms with Gasteiger partial charge in [0.1, 0.15) is 16.9 Å². The Balaban J connectivity index is 2.73. The van der Waals surface area contributed by atoms with E-state index in [1.807, 2.05) is 6.07 Å². The van der Waals surface area contributed by atoms with E-state index >= 15 is 0 Å². The van der Waals surface area contributed by atoms with E-state index in [-0.39, 0.29) is 6.61 Å². The van der Waals surface area contributed by atoms with E-state index in [1.54, 1.807) is 6.07 Å².